The van der Waals surface area contributed by atoms with Crippen molar-refractivity contribution in [3.8, 4) is 0 Å². The van der Waals surface area contributed by atoms with Crippen LogP contribution in [-0.4, -0.2) is 74.8 Å². The lowest BCUT2D eigenvalue weighted by Crippen LogP contribution is -2.49. The third kappa shape index (κ3) is 5.39. The molecule has 1 N–H and O–H groups in total. The highest BCUT2D eigenvalue weighted by Gasteiger charge is 2.32. The lowest BCUT2D eigenvalue weighted by Gasteiger charge is -2.35. The molecule has 3 rings (SSSR count). The van der Waals surface area contributed by atoms with Gasteiger partial charge in [-0.3, -0.25) is 9.89 Å². The second-order valence-electron chi connectivity index (χ2n) is 7.79. The molecule has 6 heteroatoms. The Morgan fingerprint density at radius 1 is 1.14 bits per heavy atom. The minimum absolute atomic E-state index is 0. The number of ether oxygens (including phenoxy) is 1. The molecule has 1 aromatic rings. The number of aliphatic imine (C=N–C) groups is 1. The van der Waals surface area contributed by atoms with E-state index in [2.05, 4.69) is 64.3 Å². The maximum absolute atomic E-state index is 5.51. The SMILES string of the molecule is CCC(CC)(CNC(=NC)N1CCC(N2CCOCC2)C1)c1ccccc1.I. The Hall–Kier alpha value is -0.860. The zero-order chi connectivity index (χ0) is 19.1. The standard InChI is InChI=1S/C22H36N4O.HI/c1-4-22(5-2,19-9-7-6-8-10-19)18-24-21(23-3)26-12-11-20(17-26)25-13-15-27-16-14-25;/h6-10,20H,4-5,11-18H2,1-3H3,(H,23,24);1H. The van der Waals surface area contributed by atoms with Crippen molar-refractivity contribution in [1.82, 2.24) is 15.1 Å². The average molecular weight is 500 g/mol. The van der Waals surface area contributed by atoms with E-state index in [4.69, 9.17) is 4.74 Å². The van der Waals surface area contributed by atoms with Gasteiger partial charge in [-0.25, -0.2) is 0 Å². The van der Waals surface area contributed by atoms with Crippen LogP contribution in [0.2, 0.25) is 0 Å². The summed E-state index contributed by atoms with van der Waals surface area (Å²) in [4.78, 5) is 9.62. The molecule has 2 fully saturated rings. The average Bonchev–Trinajstić information content (AvgIpc) is 3.23. The van der Waals surface area contributed by atoms with Gasteiger partial charge in [-0.2, -0.15) is 0 Å². The first-order valence-electron chi connectivity index (χ1n) is 10.6. The van der Waals surface area contributed by atoms with Gasteiger partial charge in [-0.05, 0) is 24.8 Å². The number of hydrogen-bond acceptors (Lipinski definition) is 3. The van der Waals surface area contributed by atoms with E-state index in [0.717, 1.165) is 64.7 Å². The second-order valence-corrected chi connectivity index (χ2v) is 7.79. The van der Waals surface area contributed by atoms with Crippen molar-refractivity contribution in [3.63, 3.8) is 0 Å². The summed E-state index contributed by atoms with van der Waals surface area (Å²) in [7, 11) is 1.91. The summed E-state index contributed by atoms with van der Waals surface area (Å²) in [6.45, 7) is 11.5. The molecule has 0 radical (unpaired) electrons. The van der Waals surface area contributed by atoms with E-state index in [9.17, 15) is 0 Å². The van der Waals surface area contributed by atoms with Crippen LogP contribution in [0.15, 0.2) is 35.3 Å². The molecule has 2 aliphatic heterocycles. The van der Waals surface area contributed by atoms with Crippen molar-refractivity contribution >= 4 is 29.9 Å². The molecule has 0 aromatic heterocycles. The lowest BCUT2D eigenvalue weighted by atomic mass is 9.76. The number of hydrogen-bond donors (Lipinski definition) is 1. The fraction of sp³-hybridized carbons (Fsp3) is 0.682. The van der Waals surface area contributed by atoms with Gasteiger partial charge in [0, 0.05) is 51.2 Å². The van der Waals surface area contributed by atoms with Crippen LogP contribution in [0.3, 0.4) is 0 Å². The number of morpholine rings is 1. The normalized spacial score (nSPS) is 21.5. The number of likely N-dealkylation sites (tertiary alicyclic amines) is 1. The fourth-order valence-corrected chi connectivity index (χ4v) is 4.56. The van der Waals surface area contributed by atoms with Crippen molar-refractivity contribution in [1.29, 1.82) is 0 Å². The number of benzene rings is 1. The number of nitrogens with zero attached hydrogens (tertiary/aromatic N) is 3. The predicted molar refractivity (Wildman–Crippen MR) is 128 cm³/mol. The monoisotopic (exact) mass is 500 g/mol. The van der Waals surface area contributed by atoms with Gasteiger partial charge in [0.2, 0.25) is 0 Å². The van der Waals surface area contributed by atoms with Crippen LogP contribution in [0.5, 0.6) is 0 Å². The topological polar surface area (TPSA) is 40.1 Å². The molecule has 2 saturated heterocycles. The van der Waals surface area contributed by atoms with Gasteiger partial charge in [0.05, 0.1) is 13.2 Å². The highest BCUT2D eigenvalue weighted by Crippen LogP contribution is 2.31. The Bertz CT molecular complexity index is 600. The van der Waals surface area contributed by atoms with Gasteiger partial charge in [0.1, 0.15) is 0 Å². The Morgan fingerprint density at radius 2 is 1.82 bits per heavy atom. The van der Waals surface area contributed by atoms with Crippen molar-refractivity contribution in [2.75, 3.05) is 53.0 Å². The summed E-state index contributed by atoms with van der Waals surface area (Å²) in [5.74, 6) is 1.05. The molecule has 1 atom stereocenters. The van der Waals surface area contributed by atoms with Gasteiger partial charge in [0.25, 0.3) is 0 Å². The Morgan fingerprint density at radius 3 is 2.43 bits per heavy atom. The number of halogens is 1. The summed E-state index contributed by atoms with van der Waals surface area (Å²) in [6.07, 6.45) is 3.45. The fourth-order valence-electron chi connectivity index (χ4n) is 4.56. The zero-order valence-corrected chi connectivity index (χ0v) is 20.0. The quantitative estimate of drug-likeness (QED) is 0.370. The van der Waals surface area contributed by atoms with Gasteiger partial charge < -0.3 is 15.0 Å². The van der Waals surface area contributed by atoms with Crippen LogP contribution < -0.4 is 5.32 Å². The number of rotatable bonds is 6. The van der Waals surface area contributed by atoms with E-state index in [0.29, 0.717) is 6.04 Å². The van der Waals surface area contributed by atoms with E-state index in [1.807, 2.05) is 7.05 Å². The van der Waals surface area contributed by atoms with E-state index in [1.54, 1.807) is 0 Å². The van der Waals surface area contributed by atoms with E-state index < -0.39 is 0 Å². The van der Waals surface area contributed by atoms with Gasteiger partial charge in [-0.1, -0.05) is 44.2 Å². The number of nitrogens with one attached hydrogen (secondary N) is 1. The Balaban J connectivity index is 0.00000280. The minimum Gasteiger partial charge on any atom is -0.379 e. The molecule has 2 aliphatic rings. The van der Waals surface area contributed by atoms with Crippen LogP contribution in [0.1, 0.15) is 38.7 Å². The molecule has 158 valence electrons. The zero-order valence-electron chi connectivity index (χ0n) is 17.7. The smallest absolute Gasteiger partial charge is 0.193 e. The summed E-state index contributed by atoms with van der Waals surface area (Å²) in [6, 6.07) is 11.6. The lowest BCUT2D eigenvalue weighted by molar-refractivity contribution is 0.0194. The summed E-state index contributed by atoms with van der Waals surface area (Å²) >= 11 is 0. The first-order valence-corrected chi connectivity index (χ1v) is 10.6. The van der Waals surface area contributed by atoms with Crippen LogP contribution in [0.4, 0.5) is 0 Å². The van der Waals surface area contributed by atoms with E-state index in [1.165, 1.54) is 12.0 Å². The molecule has 0 amide bonds. The Labute approximate surface area is 187 Å². The predicted octanol–water partition coefficient (Wildman–Crippen LogP) is 3.34. The van der Waals surface area contributed by atoms with Gasteiger partial charge >= 0.3 is 0 Å². The summed E-state index contributed by atoms with van der Waals surface area (Å²) in [5, 5.41) is 3.71. The molecule has 0 saturated carbocycles. The second kappa shape index (κ2) is 11.4. The van der Waals surface area contributed by atoms with Crippen molar-refractivity contribution in [3.05, 3.63) is 35.9 Å². The molecule has 1 aromatic carbocycles. The molecular weight excluding hydrogens is 463 g/mol. The molecule has 28 heavy (non-hydrogen) atoms. The number of guanidine groups is 1. The minimum atomic E-state index is 0. The molecule has 0 aliphatic carbocycles. The molecule has 1 unspecified atom stereocenters. The van der Waals surface area contributed by atoms with Gasteiger partial charge in [0.15, 0.2) is 5.96 Å². The molecular formula is C22H37IN4O. The van der Waals surface area contributed by atoms with Gasteiger partial charge in [-0.15, -0.1) is 24.0 Å². The first-order chi connectivity index (χ1) is 13.2. The first kappa shape index (κ1) is 23.4. The van der Waals surface area contributed by atoms with Crippen molar-refractivity contribution < 1.29 is 4.74 Å². The van der Waals surface area contributed by atoms with Crippen molar-refractivity contribution in [2.24, 2.45) is 4.99 Å². The molecule has 2 heterocycles. The highest BCUT2D eigenvalue weighted by atomic mass is 127. The van der Waals surface area contributed by atoms with Crippen LogP contribution in [0, 0.1) is 0 Å². The maximum Gasteiger partial charge on any atom is 0.193 e. The summed E-state index contributed by atoms with van der Waals surface area (Å²) in [5.41, 5.74) is 1.58. The third-order valence-electron chi connectivity index (χ3n) is 6.56. The van der Waals surface area contributed by atoms with Crippen molar-refractivity contribution in [2.45, 2.75) is 44.6 Å². The highest BCUT2D eigenvalue weighted by molar-refractivity contribution is 14.0. The van der Waals surface area contributed by atoms with Crippen LogP contribution in [-0.2, 0) is 10.2 Å². The largest absolute Gasteiger partial charge is 0.379 e. The molecule has 0 spiro atoms. The third-order valence-corrected chi connectivity index (χ3v) is 6.56. The summed E-state index contributed by atoms with van der Waals surface area (Å²) < 4.78 is 5.51. The van der Waals surface area contributed by atoms with E-state index in [-0.39, 0.29) is 29.4 Å². The molecule has 5 nitrogen and oxygen atoms in total. The van der Waals surface area contributed by atoms with E-state index >= 15 is 0 Å². The van der Waals surface area contributed by atoms with Crippen LogP contribution >= 0.6 is 24.0 Å². The Kier molecular flexibility index (Phi) is 9.50. The van der Waals surface area contributed by atoms with Crippen LogP contribution in [0.25, 0.3) is 0 Å². The molecule has 0 bridgehead atoms. The maximum atomic E-state index is 5.51.